The van der Waals surface area contributed by atoms with Gasteiger partial charge < -0.3 is 15.4 Å². The van der Waals surface area contributed by atoms with E-state index in [0.29, 0.717) is 31.1 Å². The smallest absolute Gasteiger partial charge is 0.157 e. The van der Waals surface area contributed by atoms with Crippen LogP contribution in [0.2, 0.25) is 0 Å². The highest BCUT2D eigenvalue weighted by atomic mass is 32.1. The largest absolute Gasteiger partial charge is 0.491 e. The molecule has 1 aromatic heterocycles. The van der Waals surface area contributed by atoms with Crippen LogP contribution in [0, 0.1) is 11.3 Å². The Labute approximate surface area is 115 Å². The molecular weight excluding hydrogens is 260 g/mol. The lowest BCUT2D eigenvalue weighted by atomic mass is 10.2. The maximum absolute atomic E-state index is 9.16. The van der Waals surface area contributed by atoms with E-state index in [1.165, 1.54) is 11.5 Å². The summed E-state index contributed by atoms with van der Waals surface area (Å²) in [5.74, 6) is 1.21. The Morgan fingerprint density at radius 1 is 1.42 bits per heavy atom. The molecule has 2 heterocycles. The summed E-state index contributed by atoms with van der Waals surface area (Å²) in [6, 6.07) is 10.1. The summed E-state index contributed by atoms with van der Waals surface area (Å²) in [5.41, 5.74) is 7.28. The van der Waals surface area contributed by atoms with Crippen LogP contribution in [0.4, 0.5) is 10.8 Å². The Kier molecular flexibility index (Phi) is 2.97. The predicted octanol–water partition coefficient (Wildman–Crippen LogP) is 2.00. The van der Waals surface area contributed by atoms with Crippen molar-refractivity contribution in [2.75, 3.05) is 23.8 Å². The minimum atomic E-state index is 0.306. The normalized spacial score (nSPS) is 14.2. The molecule has 0 fully saturated rings. The summed E-state index contributed by atoms with van der Waals surface area (Å²) in [4.78, 5) is 2.10. The molecule has 6 heteroatoms. The van der Waals surface area contributed by atoms with E-state index in [4.69, 9.17) is 15.7 Å². The number of anilines is 2. The van der Waals surface area contributed by atoms with Crippen molar-refractivity contribution in [1.82, 2.24) is 4.37 Å². The number of benzene rings is 1. The van der Waals surface area contributed by atoms with Gasteiger partial charge in [-0.25, -0.2) is 0 Å². The highest BCUT2D eigenvalue weighted by Crippen LogP contribution is 2.33. The number of hydrogen-bond donors (Lipinski definition) is 1. The van der Waals surface area contributed by atoms with Crippen molar-refractivity contribution < 1.29 is 4.74 Å². The van der Waals surface area contributed by atoms with Crippen LogP contribution in [0.15, 0.2) is 24.3 Å². The number of hydrogen-bond acceptors (Lipinski definition) is 6. The molecule has 0 spiro atoms. The van der Waals surface area contributed by atoms with Gasteiger partial charge in [-0.15, -0.1) is 0 Å². The van der Waals surface area contributed by atoms with Crippen molar-refractivity contribution >= 4 is 22.4 Å². The second-order valence-corrected chi connectivity index (χ2v) is 4.99. The SMILES string of the molecule is N#Cc1c(N)nsc1N1CCOc2ccccc2C1. The molecule has 1 aliphatic heterocycles. The molecule has 0 saturated carbocycles. The van der Waals surface area contributed by atoms with E-state index in [0.717, 1.165) is 16.3 Å². The molecule has 0 radical (unpaired) electrons. The first-order valence-corrected chi connectivity index (χ1v) is 6.68. The van der Waals surface area contributed by atoms with Crippen molar-refractivity contribution in [3.63, 3.8) is 0 Å². The third kappa shape index (κ3) is 2.09. The van der Waals surface area contributed by atoms with E-state index < -0.39 is 0 Å². The summed E-state index contributed by atoms with van der Waals surface area (Å²) in [6.45, 7) is 2.00. The molecule has 0 unspecified atom stereocenters. The third-order valence-electron chi connectivity index (χ3n) is 3.05. The van der Waals surface area contributed by atoms with Gasteiger partial charge in [0.25, 0.3) is 0 Å². The lowest BCUT2D eigenvalue weighted by Gasteiger charge is -2.19. The standard InChI is InChI=1S/C13H12N4OS/c14-7-10-12(15)16-19-13(10)17-5-6-18-11-4-2-1-3-9(11)8-17/h1-4H,5-6,8H2,(H2,15,16). The fourth-order valence-corrected chi connectivity index (χ4v) is 2.90. The zero-order valence-electron chi connectivity index (χ0n) is 10.2. The summed E-state index contributed by atoms with van der Waals surface area (Å²) in [6.07, 6.45) is 0. The number of fused-ring (bicyclic) bond motifs is 1. The van der Waals surface area contributed by atoms with Crippen LogP contribution in [0.1, 0.15) is 11.1 Å². The maximum Gasteiger partial charge on any atom is 0.157 e. The third-order valence-corrected chi connectivity index (χ3v) is 3.98. The Hall–Kier alpha value is -2.26. The maximum atomic E-state index is 9.16. The van der Waals surface area contributed by atoms with Gasteiger partial charge in [-0.2, -0.15) is 9.64 Å². The Balaban J connectivity index is 1.97. The van der Waals surface area contributed by atoms with Crippen molar-refractivity contribution in [3.05, 3.63) is 35.4 Å². The Morgan fingerprint density at radius 2 is 2.26 bits per heavy atom. The van der Waals surface area contributed by atoms with Crippen LogP contribution < -0.4 is 15.4 Å². The highest BCUT2D eigenvalue weighted by Gasteiger charge is 2.21. The van der Waals surface area contributed by atoms with Crippen LogP contribution >= 0.6 is 11.5 Å². The van der Waals surface area contributed by atoms with E-state index in [2.05, 4.69) is 15.3 Å². The van der Waals surface area contributed by atoms with Gasteiger partial charge in [0.05, 0.1) is 6.54 Å². The van der Waals surface area contributed by atoms with E-state index in [9.17, 15) is 0 Å². The predicted molar refractivity (Wildman–Crippen MR) is 74.2 cm³/mol. The molecule has 0 bridgehead atoms. The van der Waals surface area contributed by atoms with E-state index in [-0.39, 0.29) is 0 Å². The molecule has 2 aromatic rings. The van der Waals surface area contributed by atoms with E-state index in [1.807, 2.05) is 24.3 Å². The lowest BCUT2D eigenvalue weighted by molar-refractivity contribution is 0.332. The molecule has 0 saturated heterocycles. The number of nitrogen functional groups attached to an aromatic ring is 1. The fraction of sp³-hybridized carbons (Fsp3) is 0.231. The van der Waals surface area contributed by atoms with E-state index >= 15 is 0 Å². The highest BCUT2D eigenvalue weighted by molar-refractivity contribution is 7.10. The molecule has 0 aliphatic carbocycles. The average molecular weight is 272 g/mol. The van der Waals surface area contributed by atoms with Crippen LogP contribution in [0.5, 0.6) is 5.75 Å². The number of nitrogens with zero attached hydrogens (tertiary/aromatic N) is 3. The topological polar surface area (TPSA) is 75.2 Å². The van der Waals surface area contributed by atoms with Gasteiger partial charge in [-0.3, -0.25) is 0 Å². The van der Waals surface area contributed by atoms with Gasteiger partial charge in [0.2, 0.25) is 0 Å². The van der Waals surface area contributed by atoms with Gasteiger partial charge in [-0.1, -0.05) is 18.2 Å². The molecule has 3 rings (SSSR count). The van der Waals surface area contributed by atoms with Crippen LogP contribution in [0.3, 0.4) is 0 Å². The lowest BCUT2D eigenvalue weighted by Crippen LogP contribution is -2.25. The zero-order chi connectivity index (χ0) is 13.2. The molecule has 0 amide bonds. The van der Waals surface area contributed by atoms with Gasteiger partial charge in [-0.05, 0) is 17.6 Å². The van der Waals surface area contributed by atoms with E-state index in [1.54, 1.807) is 0 Å². The number of nitriles is 1. The first-order valence-electron chi connectivity index (χ1n) is 5.90. The molecule has 1 aromatic carbocycles. The van der Waals surface area contributed by atoms with Crippen molar-refractivity contribution in [3.8, 4) is 11.8 Å². The first kappa shape index (κ1) is 11.8. The van der Waals surface area contributed by atoms with Crippen molar-refractivity contribution in [2.24, 2.45) is 0 Å². The minimum Gasteiger partial charge on any atom is -0.491 e. The number of rotatable bonds is 1. The van der Waals surface area contributed by atoms with Gasteiger partial charge in [0, 0.05) is 12.1 Å². The molecular formula is C13H12N4OS. The minimum absolute atomic E-state index is 0.306. The van der Waals surface area contributed by atoms with Crippen LogP contribution in [-0.4, -0.2) is 17.5 Å². The average Bonchev–Trinajstić information content (AvgIpc) is 2.68. The van der Waals surface area contributed by atoms with Crippen molar-refractivity contribution in [1.29, 1.82) is 5.26 Å². The van der Waals surface area contributed by atoms with Crippen molar-refractivity contribution in [2.45, 2.75) is 6.54 Å². The second kappa shape index (κ2) is 4.78. The summed E-state index contributed by atoms with van der Waals surface area (Å²) < 4.78 is 9.77. The molecule has 96 valence electrons. The fourth-order valence-electron chi connectivity index (χ4n) is 2.11. The number of para-hydroxylation sites is 1. The summed E-state index contributed by atoms with van der Waals surface area (Å²) in [7, 11) is 0. The monoisotopic (exact) mass is 272 g/mol. The molecule has 5 nitrogen and oxygen atoms in total. The molecule has 1 aliphatic rings. The summed E-state index contributed by atoms with van der Waals surface area (Å²) >= 11 is 1.26. The summed E-state index contributed by atoms with van der Waals surface area (Å²) in [5, 5.41) is 9.98. The van der Waals surface area contributed by atoms with Crippen LogP contribution in [0.25, 0.3) is 0 Å². The Bertz CT molecular complexity index is 646. The zero-order valence-corrected chi connectivity index (χ0v) is 11.0. The second-order valence-electron chi connectivity index (χ2n) is 4.24. The molecule has 0 atom stereocenters. The van der Waals surface area contributed by atoms with Crippen LogP contribution in [-0.2, 0) is 6.54 Å². The Morgan fingerprint density at radius 3 is 3.11 bits per heavy atom. The number of aromatic nitrogens is 1. The van der Waals surface area contributed by atoms with Gasteiger partial charge >= 0.3 is 0 Å². The molecule has 2 N–H and O–H groups in total. The number of nitrogens with two attached hydrogens (primary N) is 1. The quantitative estimate of drug-likeness (QED) is 0.859. The first-order chi connectivity index (χ1) is 9.29. The van der Waals surface area contributed by atoms with Gasteiger partial charge in [0.1, 0.15) is 29.0 Å². The number of ether oxygens (including phenoxy) is 1. The van der Waals surface area contributed by atoms with Gasteiger partial charge in [0.15, 0.2) is 5.82 Å². The molecule has 19 heavy (non-hydrogen) atoms.